The first-order chi connectivity index (χ1) is 18.9. The van der Waals surface area contributed by atoms with Crippen LogP contribution in [0.1, 0.15) is 32.1 Å². The lowest BCUT2D eigenvalue weighted by atomic mass is 9.80. The number of rotatable bonds is 19. The van der Waals surface area contributed by atoms with Gasteiger partial charge in [0.25, 0.3) is 0 Å². The zero-order valence-corrected chi connectivity index (χ0v) is 22.9. The molecule has 3 unspecified atom stereocenters. The number of urea groups is 1. The molecule has 14 heteroatoms. The summed E-state index contributed by atoms with van der Waals surface area (Å²) in [5.74, 6) is 0.771. The van der Waals surface area contributed by atoms with Crippen LogP contribution in [0.15, 0.2) is 24.3 Å². The molecule has 2 heterocycles. The first kappa shape index (κ1) is 31.2. The molecule has 6 N–H and O–H groups in total. The number of fused-ring (bicyclic) bond motifs is 1. The molecule has 0 spiro atoms. The van der Waals surface area contributed by atoms with Crippen LogP contribution in [0.3, 0.4) is 0 Å². The normalized spacial score (nSPS) is 19.7. The molecule has 4 amide bonds. The predicted octanol–water partition coefficient (Wildman–Crippen LogP) is -0.413. The number of unbranched alkanes of at least 4 members (excludes halogenated alkanes) is 1. The lowest BCUT2D eigenvalue weighted by Gasteiger charge is -2.16. The average molecular weight is 566 g/mol. The van der Waals surface area contributed by atoms with E-state index in [1.165, 1.54) is 12.1 Å². The molecule has 3 atom stereocenters. The Morgan fingerprint density at radius 2 is 1.62 bits per heavy atom. The van der Waals surface area contributed by atoms with Gasteiger partial charge in [-0.15, -0.1) is 0 Å². The monoisotopic (exact) mass is 566 g/mol. The van der Waals surface area contributed by atoms with E-state index in [1.54, 1.807) is 12.1 Å². The van der Waals surface area contributed by atoms with Crippen molar-refractivity contribution in [2.24, 2.45) is 0 Å². The zero-order valence-electron chi connectivity index (χ0n) is 22.1. The molecule has 0 aromatic heterocycles. The number of amides is 4. The van der Waals surface area contributed by atoms with E-state index < -0.39 is 7.12 Å². The van der Waals surface area contributed by atoms with Crippen molar-refractivity contribution in [2.75, 3.05) is 57.3 Å². The van der Waals surface area contributed by atoms with Crippen molar-refractivity contribution in [1.82, 2.24) is 16.0 Å². The van der Waals surface area contributed by atoms with E-state index in [2.05, 4.69) is 21.3 Å². The van der Waals surface area contributed by atoms with Crippen molar-refractivity contribution in [3.8, 4) is 0 Å². The molecule has 2 saturated heterocycles. The summed E-state index contributed by atoms with van der Waals surface area (Å²) in [6.45, 7) is 2.70. The van der Waals surface area contributed by atoms with Gasteiger partial charge in [0.15, 0.2) is 0 Å². The lowest BCUT2D eigenvalue weighted by molar-refractivity contribution is -0.121. The number of anilines is 1. The van der Waals surface area contributed by atoms with Gasteiger partial charge in [-0.3, -0.25) is 9.59 Å². The zero-order chi connectivity index (χ0) is 27.9. The maximum atomic E-state index is 12.0. The standard InChI is InChI=1S/C25H39BN4O8S/c31-22(4-2-1-3-21-24-20(17-39-21)29-25(33)30-24)27-10-12-37-14-16-38-15-13-36-11-9-23(32)28-19-7-5-18(6-8-19)26(34)35/h5-8,20-21,24,34-35H,1-4,9-17H2,(H,27,31)(H,28,32)(H2,29,30,33). The Bertz CT molecular complexity index is 911. The van der Waals surface area contributed by atoms with Crippen LogP contribution in [0.5, 0.6) is 0 Å². The predicted molar refractivity (Wildman–Crippen MR) is 149 cm³/mol. The largest absolute Gasteiger partial charge is 0.488 e. The second kappa shape index (κ2) is 17.4. The number of hydrogen-bond acceptors (Lipinski definition) is 9. The Kier molecular flexibility index (Phi) is 13.9. The maximum Gasteiger partial charge on any atom is 0.488 e. The second-order valence-electron chi connectivity index (χ2n) is 9.35. The first-order valence-corrected chi connectivity index (χ1v) is 14.4. The average Bonchev–Trinajstić information content (AvgIpc) is 3.46. The summed E-state index contributed by atoms with van der Waals surface area (Å²) in [5.41, 5.74) is 0.920. The number of carbonyl (C=O) groups is 3. The highest BCUT2D eigenvalue weighted by Gasteiger charge is 2.42. The van der Waals surface area contributed by atoms with Gasteiger partial charge in [-0.2, -0.15) is 11.8 Å². The molecule has 12 nitrogen and oxygen atoms in total. The fourth-order valence-corrected chi connectivity index (χ4v) is 5.84. The van der Waals surface area contributed by atoms with Crippen LogP contribution < -0.4 is 26.7 Å². The van der Waals surface area contributed by atoms with Gasteiger partial charge in [0.05, 0.1) is 58.1 Å². The highest BCUT2D eigenvalue weighted by Crippen LogP contribution is 2.33. The van der Waals surface area contributed by atoms with E-state index >= 15 is 0 Å². The van der Waals surface area contributed by atoms with E-state index in [0.717, 1.165) is 25.0 Å². The molecule has 0 radical (unpaired) electrons. The van der Waals surface area contributed by atoms with Crippen molar-refractivity contribution in [1.29, 1.82) is 0 Å². The highest BCUT2D eigenvalue weighted by molar-refractivity contribution is 8.00. The molecule has 2 aliphatic rings. The smallest absolute Gasteiger partial charge is 0.423 e. The molecule has 3 rings (SSSR count). The maximum absolute atomic E-state index is 12.0. The van der Waals surface area contributed by atoms with Gasteiger partial charge in [0.2, 0.25) is 11.8 Å². The SMILES string of the molecule is O=C(CCCCC1SCC2NC(=O)NC21)NCCOCCOCCOCCC(=O)Nc1ccc(B(O)O)cc1. The summed E-state index contributed by atoms with van der Waals surface area (Å²) in [6, 6.07) is 6.63. The van der Waals surface area contributed by atoms with Gasteiger partial charge in [0.1, 0.15) is 0 Å². The lowest BCUT2D eigenvalue weighted by Crippen LogP contribution is -2.36. The van der Waals surface area contributed by atoms with Crippen molar-refractivity contribution < 1.29 is 38.6 Å². The summed E-state index contributed by atoms with van der Waals surface area (Å²) in [4.78, 5) is 35.3. The quantitative estimate of drug-likeness (QED) is 0.0741. The van der Waals surface area contributed by atoms with Crippen LogP contribution in [0, 0.1) is 0 Å². The topological polar surface area (TPSA) is 167 Å². The van der Waals surface area contributed by atoms with Crippen LogP contribution >= 0.6 is 11.8 Å². The van der Waals surface area contributed by atoms with E-state index in [4.69, 9.17) is 24.3 Å². The van der Waals surface area contributed by atoms with Gasteiger partial charge in [-0.25, -0.2) is 4.79 Å². The number of thioether (sulfide) groups is 1. The van der Waals surface area contributed by atoms with E-state index in [9.17, 15) is 14.4 Å². The van der Waals surface area contributed by atoms with Crippen LogP contribution in [-0.2, 0) is 23.8 Å². The number of benzene rings is 1. The van der Waals surface area contributed by atoms with E-state index in [0.29, 0.717) is 62.4 Å². The Balaban J connectivity index is 1.05. The van der Waals surface area contributed by atoms with Crippen molar-refractivity contribution in [3.05, 3.63) is 24.3 Å². The molecule has 1 aromatic rings. The van der Waals surface area contributed by atoms with Gasteiger partial charge in [-0.1, -0.05) is 18.6 Å². The molecule has 0 bridgehead atoms. The van der Waals surface area contributed by atoms with Crippen molar-refractivity contribution in [3.63, 3.8) is 0 Å². The third kappa shape index (κ3) is 11.7. The Morgan fingerprint density at radius 1 is 0.923 bits per heavy atom. The minimum atomic E-state index is -1.54. The van der Waals surface area contributed by atoms with Gasteiger partial charge >= 0.3 is 13.1 Å². The molecule has 0 aliphatic carbocycles. The first-order valence-electron chi connectivity index (χ1n) is 13.4. The molecule has 216 valence electrons. The number of nitrogens with one attached hydrogen (secondary N) is 4. The van der Waals surface area contributed by atoms with Crippen molar-refractivity contribution >= 4 is 47.9 Å². The van der Waals surface area contributed by atoms with E-state index in [-0.39, 0.29) is 43.0 Å². The minimum absolute atomic E-state index is 0.0212. The van der Waals surface area contributed by atoms with Gasteiger partial charge in [0, 0.05) is 29.7 Å². The minimum Gasteiger partial charge on any atom is -0.423 e. The molecule has 0 saturated carbocycles. The summed E-state index contributed by atoms with van der Waals surface area (Å²) < 4.78 is 16.3. The second-order valence-corrected chi connectivity index (χ2v) is 10.6. The molecule has 2 fully saturated rings. The highest BCUT2D eigenvalue weighted by atomic mass is 32.2. The van der Waals surface area contributed by atoms with Crippen LogP contribution in [-0.4, -0.2) is 104 Å². The summed E-state index contributed by atoms with van der Waals surface area (Å²) in [6.07, 6.45) is 3.47. The Morgan fingerprint density at radius 3 is 2.33 bits per heavy atom. The summed E-state index contributed by atoms with van der Waals surface area (Å²) in [7, 11) is -1.54. The van der Waals surface area contributed by atoms with Crippen molar-refractivity contribution in [2.45, 2.75) is 49.4 Å². The number of carbonyl (C=O) groups excluding carboxylic acids is 3. The number of ether oxygens (including phenoxy) is 3. The molecule has 1 aromatic carbocycles. The van der Waals surface area contributed by atoms with Crippen LogP contribution in [0.25, 0.3) is 0 Å². The number of hydrogen-bond donors (Lipinski definition) is 6. The summed E-state index contributed by atoms with van der Waals surface area (Å²) >= 11 is 1.89. The Labute approximate surface area is 233 Å². The summed E-state index contributed by atoms with van der Waals surface area (Å²) in [5, 5.41) is 30.1. The van der Waals surface area contributed by atoms with Crippen LogP contribution in [0.2, 0.25) is 0 Å². The van der Waals surface area contributed by atoms with Crippen LogP contribution in [0.4, 0.5) is 10.5 Å². The van der Waals surface area contributed by atoms with Gasteiger partial charge < -0.3 is 45.5 Å². The fourth-order valence-electron chi connectivity index (χ4n) is 4.29. The van der Waals surface area contributed by atoms with Gasteiger partial charge in [-0.05, 0) is 30.4 Å². The van der Waals surface area contributed by atoms with E-state index in [1.807, 2.05) is 11.8 Å². The molecule has 2 aliphatic heterocycles. The molecule has 39 heavy (non-hydrogen) atoms. The molecular weight excluding hydrogens is 527 g/mol. The molecular formula is C25H39BN4O8S. The third-order valence-electron chi connectivity index (χ3n) is 6.36. The third-order valence-corrected chi connectivity index (χ3v) is 7.87. The fraction of sp³-hybridized carbons (Fsp3) is 0.640. The Hall–Kier alpha value is -2.36.